The SMILES string of the molecule is C=CC(=O)OCCCCOC(=O)Oc1ccc(C(=O)Oc2ccc(C(=O)OC3CC(C)CCC3C(C)C)cc2)cc1. The summed E-state index contributed by atoms with van der Waals surface area (Å²) in [5.74, 6) is 0.300. The first kappa shape index (κ1) is 31.4. The molecule has 3 unspecified atom stereocenters. The summed E-state index contributed by atoms with van der Waals surface area (Å²) in [5, 5.41) is 0. The van der Waals surface area contributed by atoms with E-state index >= 15 is 0 Å². The van der Waals surface area contributed by atoms with Gasteiger partial charge in [0.25, 0.3) is 0 Å². The molecule has 0 bridgehead atoms. The van der Waals surface area contributed by atoms with Crippen LogP contribution in [0.25, 0.3) is 0 Å². The summed E-state index contributed by atoms with van der Waals surface area (Å²) in [4.78, 5) is 48.1. The van der Waals surface area contributed by atoms with Gasteiger partial charge in [-0.05, 0) is 92.0 Å². The molecule has 0 radical (unpaired) electrons. The van der Waals surface area contributed by atoms with Crippen LogP contribution in [0.5, 0.6) is 11.5 Å². The molecule has 0 aromatic heterocycles. The van der Waals surface area contributed by atoms with Crippen molar-refractivity contribution in [2.24, 2.45) is 17.8 Å². The van der Waals surface area contributed by atoms with Crippen LogP contribution < -0.4 is 9.47 Å². The van der Waals surface area contributed by atoms with Crippen molar-refractivity contribution in [2.75, 3.05) is 13.2 Å². The maximum Gasteiger partial charge on any atom is 0.513 e. The van der Waals surface area contributed by atoms with Crippen LogP contribution in [0.4, 0.5) is 4.79 Å². The molecule has 3 atom stereocenters. The molecule has 1 aliphatic carbocycles. The van der Waals surface area contributed by atoms with Crippen LogP contribution in [0.1, 0.15) is 73.6 Å². The maximum absolute atomic E-state index is 12.8. The molecule has 0 amide bonds. The van der Waals surface area contributed by atoms with Gasteiger partial charge in [-0.25, -0.2) is 19.2 Å². The predicted molar refractivity (Wildman–Crippen MR) is 151 cm³/mol. The first-order chi connectivity index (χ1) is 19.7. The highest BCUT2D eigenvalue weighted by atomic mass is 16.7. The Bertz CT molecular complexity index is 1180. The quantitative estimate of drug-likeness (QED) is 0.0704. The van der Waals surface area contributed by atoms with Crippen LogP contribution in [-0.4, -0.2) is 43.4 Å². The first-order valence-corrected chi connectivity index (χ1v) is 13.9. The summed E-state index contributed by atoms with van der Waals surface area (Å²) in [6.07, 6.45) is 4.18. The normalized spacial score (nSPS) is 18.2. The number of carbonyl (C=O) groups is 4. The van der Waals surface area contributed by atoms with Gasteiger partial charge < -0.3 is 23.7 Å². The van der Waals surface area contributed by atoms with E-state index in [1.165, 1.54) is 24.3 Å². The van der Waals surface area contributed by atoms with E-state index in [0.29, 0.717) is 36.2 Å². The number of rotatable bonds is 12. The van der Waals surface area contributed by atoms with E-state index in [1.54, 1.807) is 24.3 Å². The molecule has 1 fully saturated rings. The van der Waals surface area contributed by atoms with Crippen LogP contribution in [0, 0.1) is 17.8 Å². The summed E-state index contributed by atoms with van der Waals surface area (Å²) in [7, 11) is 0. The molecular formula is C32H38O9. The summed E-state index contributed by atoms with van der Waals surface area (Å²) in [6.45, 7) is 10.1. The summed E-state index contributed by atoms with van der Waals surface area (Å²) in [6, 6.07) is 12.1. The van der Waals surface area contributed by atoms with Gasteiger partial charge in [0, 0.05) is 6.08 Å². The van der Waals surface area contributed by atoms with Gasteiger partial charge in [-0.1, -0.05) is 33.8 Å². The Balaban J connectivity index is 1.43. The van der Waals surface area contributed by atoms with Crippen molar-refractivity contribution in [1.82, 2.24) is 0 Å². The van der Waals surface area contributed by atoms with E-state index in [0.717, 1.165) is 25.3 Å². The van der Waals surface area contributed by atoms with Gasteiger partial charge in [0.2, 0.25) is 0 Å². The molecule has 220 valence electrons. The molecule has 0 heterocycles. The molecular weight excluding hydrogens is 528 g/mol. The Hall–Kier alpha value is -4.14. The molecule has 41 heavy (non-hydrogen) atoms. The third kappa shape index (κ3) is 10.1. The molecule has 9 nitrogen and oxygen atoms in total. The van der Waals surface area contributed by atoms with Crippen LogP contribution in [0.3, 0.4) is 0 Å². The Morgan fingerprint density at radius 3 is 1.98 bits per heavy atom. The van der Waals surface area contributed by atoms with Crippen molar-refractivity contribution in [2.45, 2.75) is 59.0 Å². The fourth-order valence-corrected chi connectivity index (χ4v) is 4.66. The monoisotopic (exact) mass is 566 g/mol. The van der Waals surface area contributed by atoms with Crippen molar-refractivity contribution in [3.63, 3.8) is 0 Å². The minimum Gasteiger partial charge on any atom is -0.463 e. The highest BCUT2D eigenvalue weighted by molar-refractivity contribution is 5.92. The molecule has 0 aliphatic heterocycles. The largest absolute Gasteiger partial charge is 0.513 e. The van der Waals surface area contributed by atoms with Crippen molar-refractivity contribution >= 4 is 24.1 Å². The number of hydrogen-bond donors (Lipinski definition) is 0. The zero-order chi connectivity index (χ0) is 29.8. The van der Waals surface area contributed by atoms with Gasteiger partial charge in [0.05, 0.1) is 24.3 Å². The maximum atomic E-state index is 12.8. The van der Waals surface area contributed by atoms with Gasteiger partial charge in [-0.2, -0.15) is 0 Å². The average molecular weight is 567 g/mol. The first-order valence-electron chi connectivity index (χ1n) is 13.9. The Labute approximate surface area is 240 Å². The van der Waals surface area contributed by atoms with Gasteiger partial charge in [-0.15, -0.1) is 0 Å². The minimum atomic E-state index is -0.889. The zero-order valence-electron chi connectivity index (χ0n) is 23.8. The Morgan fingerprint density at radius 1 is 0.829 bits per heavy atom. The lowest BCUT2D eigenvalue weighted by Gasteiger charge is -2.36. The van der Waals surface area contributed by atoms with Crippen molar-refractivity contribution < 1.29 is 42.9 Å². The lowest BCUT2D eigenvalue weighted by atomic mass is 9.75. The average Bonchev–Trinajstić information content (AvgIpc) is 2.95. The van der Waals surface area contributed by atoms with Gasteiger partial charge >= 0.3 is 24.1 Å². The Morgan fingerprint density at radius 2 is 1.39 bits per heavy atom. The zero-order valence-corrected chi connectivity index (χ0v) is 23.8. The standard InChI is InChI=1S/C32H38O9/c1-5-29(33)37-18-6-7-19-38-32(36)40-26-15-11-23(12-16-26)30(34)39-25-13-9-24(10-14-25)31(35)41-28-20-22(4)8-17-27(28)21(2)3/h5,9-16,21-22,27-28H,1,6-8,17-20H2,2-4H3. The van der Waals surface area contributed by atoms with E-state index in [-0.39, 0.29) is 42.3 Å². The van der Waals surface area contributed by atoms with Crippen LogP contribution in [0.2, 0.25) is 0 Å². The van der Waals surface area contributed by atoms with Crippen LogP contribution >= 0.6 is 0 Å². The molecule has 9 heteroatoms. The summed E-state index contributed by atoms with van der Waals surface area (Å²) in [5.41, 5.74) is 0.643. The fourth-order valence-electron chi connectivity index (χ4n) is 4.66. The molecule has 0 saturated heterocycles. The lowest BCUT2D eigenvalue weighted by molar-refractivity contribution is -0.137. The van der Waals surface area contributed by atoms with E-state index in [1.807, 2.05) is 0 Å². The summed E-state index contributed by atoms with van der Waals surface area (Å²) < 4.78 is 26.2. The minimum absolute atomic E-state index is 0.0989. The second-order valence-electron chi connectivity index (χ2n) is 10.5. The number of esters is 3. The molecule has 2 aromatic rings. The topological polar surface area (TPSA) is 114 Å². The number of carbonyl (C=O) groups excluding carboxylic acids is 4. The fraction of sp³-hybridized carbons (Fsp3) is 0.438. The van der Waals surface area contributed by atoms with Gasteiger partial charge in [-0.3, -0.25) is 0 Å². The number of unbranched alkanes of at least 4 members (excludes halogenated alkanes) is 1. The van der Waals surface area contributed by atoms with Crippen molar-refractivity contribution in [1.29, 1.82) is 0 Å². The van der Waals surface area contributed by atoms with Gasteiger partial charge in [0.1, 0.15) is 17.6 Å². The highest BCUT2D eigenvalue weighted by Gasteiger charge is 2.33. The second-order valence-corrected chi connectivity index (χ2v) is 10.5. The molecule has 2 aromatic carbocycles. The second kappa shape index (κ2) is 15.6. The van der Waals surface area contributed by atoms with Crippen LogP contribution in [-0.2, 0) is 19.0 Å². The number of benzene rings is 2. The third-order valence-electron chi connectivity index (χ3n) is 6.98. The number of ether oxygens (including phenoxy) is 5. The van der Waals surface area contributed by atoms with Crippen molar-refractivity contribution in [3.05, 3.63) is 72.3 Å². The summed E-state index contributed by atoms with van der Waals surface area (Å²) >= 11 is 0. The lowest BCUT2D eigenvalue weighted by Crippen LogP contribution is -2.35. The smallest absolute Gasteiger partial charge is 0.463 e. The van der Waals surface area contributed by atoms with Crippen LogP contribution in [0.15, 0.2) is 61.2 Å². The van der Waals surface area contributed by atoms with E-state index in [9.17, 15) is 19.2 Å². The third-order valence-corrected chi connectivity index (χ3v) is 6.98. The predicted octanol–water partition coefficient (Wildman–Crippen LogP) is 6.55. The Kier molecular flexibility index (Phi) is 11.9. The molecule has 1 saturated carbocycles. The molecule has 3 rings (SSSR count). The molecule has 0 N–H and O–H groups in total. The van der Waals surface area contributed by atoms with Gasteiger partial charge in [0.15, 0.2) is 0 Å². The van der Waals surface area contributed by atoms with E-state index < -0.39 is 18.1 Å². The molecule has 1 aliphatic rings. The molecule has 0 spiro atoms. The number of hydrogen-bond acceptors (Lipinski definition) is 9. The highest BCUT2D eigenvalue weighted by Crippen LogP contribution is 2.35. The van der Waals surface area contributed by atoms with E-state index in [2.05, 4.69) is 27.4 Å². The van der Waals surface area contributed by atoms with Crippen molar-refractivity contribution in [3.8, 4) is 11.5 Å². The van der Waals surface area contributed by atoms with E-state index in [4.69, 9.17) is 23.7 Å².